The zero-order valence-corrected chi connectivity index (χ0v) is 9.08. The normalized spacial score (nSPS) is 9.79. The van der Waals surface area contributed by atoms with Crippen LogP contribution in [-0.2, 0) is 4.79 Å². The van der Waals surface area contributed by atoms with Crippen LogP contribution >= 0.6 is 15.9 Å². The van der Waals surface area contributed by atoms with Gasteiger partial charge in [-0.05, 0) is 12.1 Å². The zero-order chi connectivity index (χ0) is 10.6. The minimum atomic E-state index is -0.382. The van der Waals surface area contributed by atoms with Crippen molar-refractivity contribution in [1.82, 2.24) is 0 Å². The third-order valence-electron chi connectivity index (χ3n) is 1.51. The van der Waals surface area contributed by atoms with Gasteiger partial charge in [0.25, 0.3) is 0 Å². The molecule has 0 fully saturated rings. The second kappa shape index (κ2) is 4.85. The van der Waals surface area contributed by atoms with Gasteiger partial charge in [-0.3, -0.25) is 4.79 Å². The molecule has 4 nitrogen and oxygen atoms in total. The fourth-order valence-electron chi connectivity index (χ4n) is 0.937. The Morgan fingerprint density at radius 3 is 2.71 bits per heavy atom. The van der Waals surface area contributed by atoms with Crippen molar-refractivity contribution in [2.45, 2.75) is 6.42 Å². The van der Waals surface area contributed by atoms with Gasteiger partial charge in [0, 0.05) is 16.2 Å². The van der Waals surface area contributed by atoms with Gasteiger partial charge < -0.3 is 16.2 Å². The zero-order valence-electron chi connectivity index (χ0n) is 7.50. The molecule has 14 heavy (non-hydrogen) atoms. The molecule has 76 valence electrons. The van der Waals surface area contributed by atoms with Crippen LogP contribution in [0.5, 0.6) is 5.75 Å². The largest absolute Gasteiger partial charge is 0.493 e. The minimum absolute atomic E-state index is 0.201. The summed E-state index contributed by atoms with van der Waals surface area (Å²) in [6, 6.07) is 5.23. The van der Waals surface area contributed by atoms with E-state index in [1.54, 1.807) is 18.2 Å². The molecule has 0 heterocycles. The van der Waals surface area contributed by atoms with Crippen LogP contribution in [0.1, 0.15) is 6.42 Å². The number of hydrogen-bond donors (Lipinski definition) is 2. The summed E-state index contributed by atoms with van der Waals surface area (Å²) in [5.41, 5.74) is 11.2. The average Bonchev–Trinajstić information content (AvgIpc) is 2.01. The van der Waals surface area contributed by atoms with Crippen LogP contribution in [0.3, 0.4) is 0 Å². The third-order valence-corrected chi connectivity index (χ3v) is 1.97. The lowest BCUT2D eigenvalue weighted by Crippen LogP contribution is -2.14. The number of amides is 1. The molecule has 1 amide bonds. The summed E-state index contributed by atoms with van der Waals surface area (Å²) in [5.74, 6) is 0.242. The number of nitrogens with two attached hydrogens (primary N) is 2. The van der Waals surface area contributed by atoms with E-state index < -0.39 is 0 Å². The Morgan fingerprint density at radius 1 is 1.43 bits per heavy atom. The van der Waals surface area contributed by atoms with Gasteiger partial charge in [-0.2, -0.15) is 0 Å². The highest BCUT2D eigenvalue weighted by Gasteiger charge is 1.99. The van der Waals surface area contributed by atoms with Gasteiger partial charge in [-0.15, -0.1) is 0 Å². The molecule has 0 aliphatic rings. The highest BCUT2D eigenvalue weighted by molar-refractivity contribution is 9.10. The van der Waals surface area contributed by atoms with Gasteiger partial charge in [-0.25, -0.2) is 0 Å². The first-order valence-electron chi connectivity index (χ1n) is 4.05. The number of primary amides is 1. The number of benzene rings is 1. The maximum absolute atomic E-state index is 10.4. The Kier molecular flexibility index (Phi) is 3.76. The van der Waals surface area contributed by atoms with E-state index in [9.17, 15) is 4.79 Å². The van der Waals surface area contributed by atoms with Crippen molar-refractivity contribution in [2.75, 3.05) is 12.3 Å². The van der Waals surface area contributed by atoms with Crippen molar-refractivity contribution in [3.8, 4) is 5.75 Å². The number of carbonyl (C=O) groups is 1. The van der Waals surface area contributed by atoms with E-state index in [0.29, 0.717) is 11.4 Å². The smallest absolute Gasteiger partial charge is 0.220 e. The van der Waals surface area contributed by atoms with Crippen molar-refractivity contribution in [2.24, 2.45) is 5.73 Å². The molecule has 4 N–H and O–H groups in total. The molecule has 5 heteroatoms. The Bertz CT molecular complexity index is 321. The standard InChI is InChI=1S/C9H11BrN2O2/c10-6-3-7(11)5-8(4-6)14-2-1-9(12)13/h3-5H,1-2,11H2,(H2,12,13). The van der Waals surface area contributed by atoms with Gasteiger partial charge >= 0.3 is 0 Å². The van der Waals surface area contributed by atoms with E-state index in [0.717, 1.165) is 4.47 Å². The predicted octanol–water partition coefficient (Wildman–Crippen LogP) is 1.29. The molecule has 0 aliphatic carbocycles. The van der Waals surface area contributed by atoms with Gasteiger partial charge in [0.15, 0.2) is 0 Å². The summed E-state index contributed by atoms with van der Waals surface area (Å²) in [6.45, 7) is 0.269. The molecule has 0 bridgehead atoms. The summed E-state index contributed by atoms with van der Waals surface area (Å²) in [6.07, 6.45) is 0.201. The van der Waals surface area contributed by atoms with Gasteiger partial charge in [0.05, 0.1) is 13.0 Å². The Hall–Kier alpha value is -1.23. The highest BCUT2D eigenvalue weighted by atomic mass is 79.9. The van der Waals surface area contributed by atoms with E-state index >= 15 is 0 Å². The molecule has 1 aromatic rings. The molecule has 0 spiro atoms. The van der Waals surface area contributed by atoms with Gasteiger partial charge in [0.1, 0.15) is 5.75 Å². The first-order valence-corrected chi connectivity index (χ1v) is 4.84. The fraction of sp³-hybridized carbons (Fsp3) is 0.222. The Labute approximate surface area is 90.3 Å². The molecule has 0 aromatic heterocycles. The summed E-state index contributed by atoms with van der Waals surface area (Å²) in [4.78, 5) is 10.4. The number of halogens is 1. The van der Waals surface area contributed by atoms with Crippen LogP contribution in [0.4, 0.5) is 5.69 Å². The number of nitrogen functional groups attached to an aromatic ring is 1. The van der Waals surface area contributed by atoms with Crippen molar-refractivity contribution in [3.05, 3.63) is 22.7 Å². The molecule has 0 unspecified atom stereocenters. The maximum Gasteiger partial charge on any atom is 0.220 e. The van der Waals surface area contributed by atoms with Crippen LogP contribution in [-0.4, -0.2) is 12.5 Å². The van der Waals surface area contributed by atoms with E-state index in [2.05, 4.69) is 15.9 Å². The fourth-order valence-corrected chi connectivity index (χ4v) is 1.43. The quantitative estimate of drug-likeness (QED) is 0.799. The van der Waals surface area contributed by atoms with Crippen LogP contribution in [0, 0.1) is 0 Å². The highest BCUT2D eigenvalue weighted by Crippen LogP contribution is 2.22. The molecule has 0 aliphatic heterocycles. The van der Waals surface area contributed by atoms with E-state index in [1.165, 1.54) is 0 Å². The SMILES string of the molecule is NC(=O)CCOc1cc(N)cc(Br)c1. The molecule has 1 rings (SSSR count). The van der Waals surface area contributed by atoms with Crippen molar-refractivity contribution < 1.29 is 9.53 Å². The van der Waals surface area contributed by atoms with E-state index in [4.69, 9.17) is 16.2 Å². The monoisotopic (exact) mass is 258 g/mol. The third kappa shape index (κ3) is 3.66. The summed E-state index contributed by atoms with van der Waals surface area (Å²) < 4.78 is 6.11. The lowest BCUT2D eigenvalue weighted by atomic mass is 10.3. The molecular formula is C9H11BrN2O2. The summed E-state index contributed by atoms with van der Waals surface area (Å²) >= 11 is 3.28. The van der Waals surface area contributed by atoms with Crippen molar-refractivity contribution in [1.29, 1.82) is 0 Å². The van der Waals surface area contributed by atoms with E-state index in [-0.39, 0.29) is 18.9 Å². The first kappa shape index (κ1) is 10.8. The molecule has 1 aromatic carbocycles. The summed E-state index contributed by atoms with van der Waals surface area (Å²) in [7, 11) is 0. The van der Waals surface area contributed by atoms with Crippen LogP contribution in [0.15, 0.2) is 22.7 Å². The molecular weight excluding hydrogens is 248 g/mol. The minimum Gasteiger partial charge on any atom is -0.493 e. The molecule has 0 atom stereocenters. The number of ether oxygens (including phenoxy) is 1. The number of carbonyl (C=O) groups excluding carboxylic acids is 1. The van der Waals surface area contributed by atoms with Crippen molar-refractivity contribution in [3.63, 3.8) is 0 Å². The van der Waals surface area contributed by atoms with Gasteiger partial charge in [0.2, 0.25) is 5.91 Å². The Balaban J connectivity index is 2.54. The van der Waals surface area contributed by atoms with Gasteiger partial charge in [-0.1, -0.05) is 15.9 Å². The summed E-state index contributed by atoms with van der Waals surface area (Å²) in [5, 5.41) is 0. The number of rotatable bonds is 4. The number of anilines is 1. The molecule has 0 saturated carbocycles. The molecule has 0 radical (unpaired) electrons. The number of hydrogen-bond acceptors (Lipinski definition) is 3. The van der Waals surface area contributed by atoms with Crippen LogP contribution in [0.25, 0.3) is 0 Å². The maximum atomic E-state index is 10.4. The predicted molar refractivity (Wildman–Crippen MR) is 57.9 cm³/mol. The topological polar surface area (TPSA) is 78.3 Å². The Morgan fingerprint density at radius 2 is 2.14 bits per heavy atom. The first-order chi connectivity index (χ1) is 6.58. The van der Waals surface area contributed by atoms with Crippen LogP contribution < -0.4 is 16.2 Å². The second-order valence-corrected chi connectivity index (χ2v) is 3.70. The van der Waals surface area contributed by atoms with Crippen molar-refractivity contribution >= 4 is 27.5 Å². The molecule has 0 saturated heterocycles. The average molecular weight is 259 g/mol. The van der Waals surface area contributed by atoms with E-state index in [1.807, 2.05) is 0 Å². The lowest BCUT2D eigenvalue weighted by molar-refractivity contribution is -0.118. The lowest BCUT2D eigenvalue weighted by Gasteiger charge is -2.06. The second-order valence-electron chi connectivity index (χ2n) is 2.79. The van der Waals surface area contributed by atoms with Crippen LogP contribution in [0.2, 0.25) is 0 Å².